The summed E-state index contributed by atoms with van der Waals surface area (Å²) in [6.07, 6.45) is 2.55. The standard InChI is InChI=1S/C16H26ClN3O/c1-5-19(6-2)9-8-10-20(7-3)16(21)14-12-18-13(4)11-15(14)17/h11-12H,5-10H2,1-4H3. The van der Waals surface area contributed by atoms with E-state index in [2.05, 4.69) is 23.7 Å². The average Bonchev–Trinajstić information content (AvgIpc) is 2.47. The molecule has 4 nitrogen and oxygen atoms in total. The Labute approximate surface area is 133 Å². The number of halogens is 1. The maximum Gasteiger partial charge on any atom is 0.256 e. The summed E-state index contributed by atoms with van der Waals surface area (Å²) in [5.74, 6) is -0.0328. The molecule has 0 aliphatic heterocycles. The number of aryl methyl sites for hydroxylation is 1. The maximum absolute atomic E-state index is 12.5. The molecular formula is C16H26ClN3O. The van der Waals surface area contributed by atoms with Gasteiger partial charge in [-0.05, 0) is 46.0 Å². The van der Waals surface area contributed by atoms with Crippen LogP contribution >= 0.6 is 11.6 Å². The van der Waals surface area contributed by atoms with Crippen molar-refractivity contribution in [1.29, 1.82) is 0 Å². The Hall–Kier alpha value is -1.13. The molecule has 1 heterocycles. The van der Waals surface area contributed by atoms with Crippen molar-refractivity contribution in [2.45, 2.75) is 34.1 Å². The van der Waals surface area contributed by atoms with Gasteiger partial charge >= 0.3 is 0 Å². The first-order chi connectivity index (χ1) is 10.0. The molecular weight excluding hydrogens is 286 g/mol. The lowest BCUT2D eigenvalue weighted by Crippen LogP contribution is -2.34. The molecule has 0 bridgehead atoms. The summed E-state index contributed by atoms with van der Waals surface area (Å²) in [5, 5.41) is 0.481. The van der Waals surface area contributed by atoms with Crippen molar-refractivity contribution in [3.05, 3.63) is 28.5 Å². The molecule has 1 amide bonds. The number of rotatable bonds is 8. The van der Waals surface area contributed by atoms with Crippen LogP contribution in [0.15, 0.2) is 12.3 Å². The highest BCUT2D eigenvalue weighted by Crippen LogP contribution is 2.17. The zero-order chi connectivity index (χ0) is 15.8. The van der Waals surface area contributed by atoms with Crippen LogP contribution in [0.2, 0.25) is 5.02 Å². The van der Waals surface area contributed by atoms with E-state index in [1.165, 1.54) is 0 Å². The Morgan fingerprint density at radius 3 is 2.38 bits per heavy atom. The molecule has 0 radical (unpaired) electrons. The SMILES string of the molecule is CCN(CC)CCCN(CC)C(=O)c1cnc(C)cc1Cl. The predicted octanol–water partition coefficient (Wildman–Crippen LogP) is 3.24. The van der Waals surface area contributed by atoms with Gasteiger partial charge in [0, 0.05) is 25.0 Å². The summed E-state index contributed by atoms with van der Waals surface area (Å²) in [5.41, 5.74) is 1.31. The van der Waals surface area contributed by atoms with Crippen LogP contribution in [0.25, 0.3) is 0 Å². The smallest absolute Gasteiger partial charge is 0.256 e. The topological polar surface area (TPSA) is 36.4 Å². The normalized spacial score (nSPS) is 11.0. The number of nitrogens with zero attached hydrogens (tertiary/aromatic N) is 3. The van der Waals surface area contributed by atoms with E-state index in [1.807, 2.05) is 18.7 Å². The number of amides is 1. The molecule has 0 N–H and O–H groups in total. The summed E-state index contributed by atoms with van der Waals surface area (Å²) in [6.45, 7) is 12.7. The van der Waals surface area contributed by atoms with Crippen molar-refractivity contribution < 1.29 is 4.79 Å². The van der Waals surface area contributed by atoms with Gasteiger partial charge in [0.15, 0.2) is 0 Å². The molecule has 118 valence electrons. The third-order valence-corrected chi connectivity index (χ3v) is 4.00. The van der Waals surface area contributed by atoms with Crippen molar-refractivity contribution in [3.63, 3.8) is 0 Å². The van der Waals surface area contributed by atoms with Crippen molar-refractivity contribution >= 4 is 17.5 Å². The molecule has 1 aromatic heterocycles. The molecule has 0 unspecified atom stereocenters. The highest BCUT2D eigenvalue weighted by molar-refractivity contribution is 6.33. The van der Waals surface area contributed by atoms with Gasteiger partial charge in [-0.2, -0.15) is 0 Å². The second kappa shape index (κ2) is 9.00. The van der Waals surface area contributed by atoms with Gasteiger partial charge in [0.05, 0.1) is 10.6 Å². The highest BCUT2D eigenvalue weighted by atomic mass is 35.5. The van der Waals surface area contributed by atoms with Crippen molar-refractivity contribution in [2.24, 2.45) is 0 Å². The van der Waals surface area contributed by atoms with Gasteiger partial charge in [-0.3, -0.25) is 9.78 Å². The quantitative estimate of drug-likeness (QED) is 0.739. The summed E-state index contributed by atoms with van der Waals surface area (Å²) in [4.78, 5) is 20.9. The van der Waals surface area contributed by atoms with Gasteiger partial charge < -0.3 is 9.80 Å². The van der Waals surface area contributed by atoms with Gasteiger partial charge in [0.1, 0.15) is 0 Å². The molecule has 0 saturated carbocycles. The van der Waals surface area contributed by atoms with Crippen LogP contribution in [-0.2, 0) is 0 Å². The first-order valence-electron chi connectivity index (χ1n) is 7.67. The third kappa shape index (κ3) is 5.29. The van der Waals surface area contributed by atoms with E-state index >= 15 is 0 Å². The minimum atomic E-state index is -0.0328. The zero-order valence-corrected chi connectivity index (χ0v) is 14.3. The molecule has 0 fully saturated rings. The van der Waals surface area contributed by atoms with Crippen LogP contribution in [-0.4, -0.2) is 53.4 Å². The minimum absolute atomic E-state index is 0.0328. The van der Waals surface area contributed by atoms with Crippen molar-refractivity contribution in [3.8, 4) is 0 Å². The Bertz CT molecular complexity index is 461. The lowest BCUT2D eigenvalue weighted by molar-refractivity contribution is 0.0757. The van der Waals surface area contributed by atoms with Gasteiger partial charge in [-0.1, -0.05) is 25.4 Å². The molecule has 1 aromatic rings. The van der Waals surface area contributed by atoms with E-state index < -0.39 is 0 Å². The third-order valence-electron chi connectivity index (χ3n) is 3.69. The largest absolute Gasteiger partial charge is 0.339 e. The van der Waals surface area contributed by atoms with Crippen LogP contribution in [0.1, 0.15) is 43.2 Å². The minimum Gasteiger partial charge on any atom is -0.339 e. The first kappa shape index (κ1) is 17.9. The van der Waals surface area contributed by atoms with Gasteiger partial charge in [0.2, 0.25) is 0 Å². The second-order valence-corrected chi connectivity index (χ2v) is 5.48. The van der Waals surface area contributed by atoms with Crippen LogP contribution in [0.4, 0.5) is 0 Å². The monoisotopic (exact) mass is 311 g/mol. The fourth-order valence-corrected chi connectivity index (χ4v) is 2.57. The number of carbonyl (C=O) groups is 1. The summed E-state index contributed by atoms with van der Waals surface area (Å²) < 4.78 is 0. The van der Waals surface area contributed by atoms with Crippen LogP contribution in [0.5, 0.6) is 0 Å². The van der Waals surface area contributed by atoms with Gasteiger partial charge in [-0.15, -0.1) is 0 Å². The number of hydrogen-bond donors (Lipinski definition) is 0. The molecule has 0 aliphatic rings. The Morgan fingerprint density at radius 1 is 1.19 bits per heavy atom. The van der Waals surface area contributed by atoms with Crippen LogP contribution in [0.3, 0.4) is 0 Å². The molecule has 0 aromatic carbocycles. The van der Waals surface area contributed by atoms with E-state index in [4.69, 9.17) is 11.6 Å². The van der Waals surface area contributed by atoms with Crippen molar-refractivity contribution in [1.82, 2.24) is 14.8 Å². The second-order valence-electron chi connectivity index (χ2n) is 5.07. The fourth-order valence-electron chi connectivity index (χ4n) is 2.28. The maximum atomic E-state index is 12.5. The predicted molar refractivity (Wildman–Crippen MR) is 88.0 cm³/mol. The summed E-state index contributed by atoms with van der Waals surface area (Å²) in [6, 6.07) is 1.73. The highest BCUT2D eigenvalue weighted by Gasteiger charge is 2.17. The molecule has 0 atom stereocenters. The van der Waals surface area contributed by atoms with Crippen LogP contribution in [0, 0.1) is 6.92 Å². The number of carbonyl (C=O) groups excluding carboxylic acids is 1. The molecule has 0 aliphatic carbocycles. The van der Waals surface area contributed by atoms with Gasteiger partial charge in [-0.25, -0.2) is 0 Å². The molecule has 1 rings (SSSR count). The molecule has 21 heavy (non-hydrogen) atoms. The molecule has 5 heteroatoms. The average molecular weight is 312 g/mol. The lowest BCUT2D eigenvalue weighted by Gasteiger charge is -2.24. The van der Waals surface area contributed by atoms with E-state index in [1.54, 1.807) is 12.3 Å². The van der Waals surface area contributed by atoms with Crippen LogP contribution < -0.4 is 0 Å². The number of hydrogen-bond acceptors (Lipinski definition) is 3. The van der Waals surface area contributed by atoms with E-state index in [9.17, 15) is 4.79 Å². The first-order valence-corrected chi connectivity index (χ1v) is 8.04. The van der Waals surface area contributed by atoms with E-state index in [-0.39, 0.29) is 5.91 Å². The Kier molecular flexibility index (Phi) is 7.68. The number of pyridine rings is 1. The van der Waals surface area contributed by atoms with E-state index in [0.717, 1.165) is 38.3 Å². The zero-order valence-electron chi connectivity index (χ0n) is 13.5. The summed E-state index contributed by atoms with van der Waals surface area (Å²) in [7, 11) is 0. The summed E-state index contributed by atoms with van der Waals surface area (Å²) >= 11 is 6.16. The lowest BCUT2D eigenvalue weighted by atomic mass is 10.2. The fraction of sp³-hybridized carbons (Fsp3) is 0.625. The Morgan fingerprint density at radius 2 is 1.86 bits per heavy atom. The van der Waals surface area contributed by atoms with Crippen molar-refractivity contribution in [2.75, 3.05) is 32.7 Å². The Balaban J connectivity index is 2.64. The van der Waals surface area contributed by atoms with Gasteiger partial charge in [0.25, 0.3) is 5.91 Å². The molecule has 0 saturated heterocycles. The molecule has 0 spiro atoms. The number of aromatic nitrogens is 1. The van der Waals surface area contributed by atoms with E-state index in [0.29, 0.717) is 17.1 Å².